The number of hydrogen-bond acceptors (Lipinski definition) is 4. The summed E-state index contributed by atoms with van der Waals surface area (Å²) >= 11 is 0. The molecule has 0 aliphatic heterocycles. The average Bonchev–Trinajstić information content (AvgIpc) is 2.63. The van der Waals surface area contributed by atoms with E-state index in [9.17, 15) is 22.4 Å². The molecule has 28 heavy (non-hydrogen) atoms. The van der Waals surface area contributed by atoms with Crippen molar-refractivity contribution in [2.45, 2.75) is 25.7 Å². The van der Waals surface area contributed by atoms with Gasteiger partial charge in [0.2, 0.25) is 5.91 Å². The van der Waals surface area contributed by atoms with Gasteiger partial charge in [0.15, 0.2) is 5.82 Å². The number of nitrogens with one attached hydrogen (secondary N) is 2. The van der Waals surface area contributed by atoms with Crippen LogP contribution in [0.2, 0.25) is 0 Å². The summed E-state index contributed by atoms with van der Waals surface area (Å²) in [7, 11) is 0. The van der Waals surface area contributed by atoms with Crippen molar-refractivity contribution < 1.29 is 27.1 Å². The monoisotopic (exact) mass is 395 g/mol. The quantitative estimate of drug-likeness (QED) is 0.372. The summed E-state index contributed by atoms with van der Waals surface area (Å²) in [5, 5.41) is 5.27. The fraction of sp³-hybridized carbons (Fsp3) is 0.211. The van der Waals surface area contributed by atoms with Gasteiger partial charge in [0, 0.05) is 19.4 Å². The summed E-state index contributed by atoms with van der Waals surface area (Å²) in [6, 6.07) is 7.97. The van der Waals surface area contributed by atoms with E-state index in [4.69, 9.17) is 12.2 Å². The van der Waals surface area contributed by atoms with Crippen molar-refractivity contribution in [3.63, 3.8) is 0 Å². The topological polar surface area (TPSA) is 76.4 Å². The number of rotatable bonds is 7. The summed E-state index contributed by atoms with van der Waals surface area (Å²) in [4.78, 5) is 11.7. The van der Waals surface area contributed by atoms with E-state index in [0.717, 1.165) is 12.1 Å². The van der Waals surface area contributed by atoms with Crippen LogP contribution < -0.4 is 21.1 Å². The third kappa shape index (κ3) is 6.09. The zero-order chi connectivity index (χ0) is 20.7. The molecule has 0 saturated heterocycles. The first-order valence-electron chi connectivity index (χ1n) is 8.09. The number of carbonyl (C=O) groups is 1. The van der Waals surface area contributed by atoms with E-state index in [-0.39, 0.29) is 48.1 Å². The van der Waals surface area contributed by atoms with Gasteiger partial charge in [-0.05, 0) is 29.8 Å². The van der Waals surface area contributed by atoms with E-state index in [0.29, 0.717) is 5.56 Å². The van der Waals surface area contributed by atoms with Crippen molar-refractivity contribution in [1.29, 1.82) is 0 Å². The van der Waals surface area contributed by atoms with Crippen molar-refractivity contribution in [1.82, 2.24) is 0 Å². The molecular weight excluding hydrogens is 378 g/mol. The Balaban J connectivity index is 2.00. The minimum absolute atomic E-state index is 0.0785. The first kappa shape index (κ1) is 20.9. The number of anilines is 3. The molecule has 148 valence electrons. The molecule has 0 saturated carbocycles. The highest BCUT2D eigenvalue weighted by Crippen LogP contribution is 2.29. The third-order valence-electron chi connectivity index (χ3n) is 3.59. The van der Waals surface area contributed by atoms with Gasteiger partial charge in [0.1, 0.15) is 5.75 Å². The van der Waals surface area contributed by atoms with Crippen LogP contribution in [0.1, 0.15) is 18.4 Å². The van der Waals surface area contributed by atoms with Gasteiger partial charge in [0.25, 0.3) is 0 Å². The molecule has 0 atom stereocenters. The van der Waals surface area contributed by atoms with Crippen molar-refractivity contribution >= 4 is 23.0 Å². The molecule has 0 spiro atoms. The lowest BCUT2D eigenvalue weighted by atomic mass is 10.2. The summed E-state index contributed by atoms with van der Waals surface area (Å²) in [6.07, 6.45) is 0.655. The fourth-order valence-corrected chi connectivity index (χ4v) is 2.24. The molecular formula is C19H17F4N3O2. The number of carbonyl (C=O) groups excluding carboxylic acids is 1. The molecule has 5 nitrogen and oxygen atoms in total. The van der Waals surface area contributed by atoms with Crippen LogP contribution in [0.3, 0.4) is 0 Å². The van der Waals surface area contributed by atoms with E-state index in [1.165, 1.54) is 24.3 Å². The van der Waals surface area contributed by atoms with Crippen LogP contribution in [0, 0.1) is 18.2 Å². The second-order valence-electron chi connectivity index (χ2n) is 5.69. The molecule has 4 N–H and O–H groups in total. The van der Waals surface area contributed by atoms with Crippen molar-refractivity contribution in [2.24, 2.45) is 0 Å². The summed E-state index contributed by atoms with van der Waals surface area (Å²) in [5.74, 6) is 0.835. The number of hydrogen-bond donors (Lipinski definition) is 3. The molecule has 9 heteroatoms. The zero-order valence-electron chi connectivity index (χ0n) is 14.6. The fourth-order valence-electron chi connectivity index (χ4n) is 2.24. The Labute approximate surface area is 158 Å². The summed E-state index contributed by atoms with van der Waals surface area (Å²) in [6.45, 7) is 0.135. The number of benzene rings is 2. The van der Waals surface area contributed by atoms with Crippen molar-refractivity contribution in [3.8, 4) is 18.1 Å². The number of halogens is 4. The molecule has 0 aliphatic rings. The van der Waals surface area contributed by atoms with Gasteiger partial charge in [-0.15, -0.1) is 25.5 Å². The predicted molar refractivity (Wildman–Crippen MR) is 98.0 cm³/mol. The predicted octanol–water partition coefficient (Wildman–Crippen LogP) is 4.27. The first-order valence-corrected chi connectivity index (χ1v) is 8.09. The Bertz CT molecular complexity index is 874. The van der Waals surface area contributed by atoms with Crippen LogP contribution in [-0.4, -0.2) is 12.3 Å². The smallest absolute Gasteiger partial charge is 0.406 e. The summed E-state index contributed by atoms with van der Waals surface area (Å²) in [5.41, 5.74) is 6.27. The molecule has 2 aromatic carbocycles. The molecule has 2 aromatic rings. The van der Waals surface area contributed by atoms with Crippen LogP contribution >= 0.6 is 0 Å². The van der Waals surface area contributed by atoms with Crippen LogP contribution in [0.15, 0.2) is 36.4 Å². The Kier molecular flexibility index (Phi) is 6.71. The Morgan fingerprint density at radius 1 is 1.14 bits per heavy atom. The molecule has 0 radical (unpaired) electrons. The zero-order valence-corrected chi connectivity index (χ0v) is 14.6. The van der Waals surface area contributed by atoms with E-state index in [1.54, 1.807) is 0 Å². The normalized spacial score (nSPS) is 10.8. The molecule has 0 fully saturated rings. The van der Waals surface area contributed by atoms with Gasteiger partial charge in [0.05, 0.1) is 17.1 Å². The number of terminal acetylenes is 1. The van der Waals surface area contributed by atoms with Crippen LogP contribution in [0.5, 0.6) is 5.75 Å². The Morgan fingerprint density at radius 3 is 2.39 bits per heavy atom. The van der Waals surface area contributed by atoms with Gasteiger partial charge in [-0.2, -0.15) is 0 Å². The van der Waals surface area contributed by atoms with Gasteiger partial charge >= 0.3 is 6.36 Å². The number of amides is 1. The van der Waals surface area contributed by atoms with Crippen LogP contribution in [-0.2, 0) is 11.3 Å². The first-order chi connectivity index (χ1) is 13.2. The lowest BCUT2D eigenvalue weighted by molar-refractivity contribution is -0.274. The lowest BCUT2D eigenvalue weighted by Gasteiger charge is -2.13. The van der Waals surface area contributed by atoms with Gasteiger partial charge in [-0.3, -0.25) is 4.79 Å². The maximum absolute atomic E-state index is 14.4. The second-order valence-corrected chi connectivity index (χ2v) is 5.69. The molecule has 0 unspecified atom stereocenters. The minimum atomic E-state index is -4.77. The molecule has 0 heterocycles. The number of alkyl halides is 3. The van der Waals surface area contributed by atoms with E-state index in [2.05, 4.69) is 21.3 Å². The number of ether oxygens (including phenoxy) is 1. The molecule has 0 aromatic heterocycles. The standard InChI is InChI=1S/C19H17F4N3O2/c1-2-3-4-16(27)26-15-10-9-14(17(20)18(15)24)25-11-12-5-7-13(8-6-12)28-19(21,22)23/h1,5-10,25H,3-4,11,24H2,(H,26,27). The Morgan fingerprint density at radius 2 is 1.79 bits per heavy atom. The minimum Gasteiger partial charge on any atom is -0.406 e. The van der Waals surface area contributed by atoms with E-state index in [1.807, 2.05) is 0 Å². The van der Waals surface area contributed by atoms with Gasteiger partial charge in [-0.25, -0.2) is 4.39 Å². The third-order valence-corrected chi connectivity index (χ3v) is 3.59. The van der Waals surface area contributed by atoms with Crippen LogP contribution in [0.4, 0.5) is 34.6 Å². The van der Waals surface area contributed by atoms with Crippen molar-refractivity contribution in [3.05, 3.63) is 47.8 Å². The number of nitrogen functional groups attached to an aromatic ring is 1. The highest BCUT2D eigenvalue weighted by atomic mass is 19.4. The van der Waals surface area contributed by atoms with Gasteiger partial charge < -0.3 is 21.1 Å². The van der Waals surface area contributed by atoms with E-state index >= 15 is 0 Å². The SMILES string of the molecule is C#CCCC(=O)Nc1ccc(NCc2ccc(OC(F)(F)F)cc2)c(F)c1N. The largest absolute Gasteiger partial charge is 0.573 e. The number of nitrogens with two attached hydrogens (primary N) is 1. The van der Waals surface area contributed by atoms with Gasteiger partial charge in [-0.1, -0.05) is 12.1 Å². The van der Waals surface area contributed by atoms with Crippen LogP contribution in [0.25, 0.3) is 0 Å². The maximum atomic E-state index is 14.4. The molecule has 0 aliphatic carbocycles. The lowest BCUT2D eigenvalue weighted by Crippen LogP contribution is -2.17. The maximum Gasteiger partial charge on any atom is 0.573 e. The Hall–Kier alpha value is -3.41. The molecule has 2 rings (SSSR count). The summed E-state index contributed by atoms with van der Waals surface area (Å²) < 4.78 is 54.6. The highest BCUT2D eigenvalue weighted by molar-refractivity contribution is 5.94. The molecule has 0 bridgehead atoms. The van der Waals surface area contributed by atoms with E-state index < -0.39 is 12.2 Å². The second kappa shape index (κ2) is 8.99. The average molecular weight is 395 g/mol. The molecule has 1 amide bonds. The van der Waals surface area contributed by atoms with Crippen molar-refractivity contribution in [2.75, 3.05) is 16.4 Å². The highest BCUT2D eigenvalue weighted by Gasteiger charge is 2.30.